The lowest BCUT2D eigenvalue weighted by Crippen LogP contribution is -2.13. The van der Waals surface area contributed by atoms with E-state index in [-0.39, 0.29) is 22.2 Å². The molecule has 0 saturated heterocycles. The highest BCUT2D eigenvalue weighted by molar-refractivity contribution is 6.32. The molecule has 0 unspecified atom stereocenters. The molecule has 0 atom stereocenters. The minimum absolute atomic E-state index is 0.122. The predicted octanol–water partition coefficient (Wildman–Crippen LogP) is 2.71. The third kappa shape index (κ3) is 2.95. The number of hydrogen-bond donors (Lipinski definition) is 3. The lowest BCUT2D eigenvalue weighted by atomic mass is 10.1. The van der Waals surface area contributed by atoms with Gasteiger partial charge in [0.25, 0.3) is 5.91 Å². The van der Waals surface area contributed by atoms with Gasteiger partial charge >= 0.3 is 0 Å². The van der Waals surface area contributed by atoms with E-state index in [0.29, 0.717) is 5.69 Å². The first-order valence-corrected chi connectivity index (χ1v) is 5.80. The van der Waals surface area contributed by atoms with Crippen LogP contribution < -0.4 is 5.32 Å². The monoisotopic (exact) mass is 278 g/mol. The first-order valence-electron chi connectivity index (χ1n) is 5.43. The molecule has 0 aliphatic heterocycles. The van der Waals surface area contributed by atoms with Crippen LogP contribution >= 0.6 is 11.6 Å². The Morgan fingerprint density at radius 1 is 1.26 bits per heavy atom. The highest BCUT2D eigenvalue weighted by Gasteiger charge is 2.12. The summed E-state index contributed by atoms with van der Waals surface area (Å²) in [4.78, 5) is 15.9. The highest BCUT2D eigenvalue weighted by atomic mass is 35.5. The molecule has 0 aliphatic rings. The number of anilines is 1. The van der Waals surface area contributed by atoms with E-state index in [1.165, 1.54) is 18.3 Å². The van der Waals surface area contributed by atoms with E-state index in [4.69, 9.17) is 11.6 Å². The molecule has 98 valence electrons. The van der Waals surface area contributed by atoms with Crippen molar-refractivity contribution in [1.82, 2.24) is 4.98 Å². The van der Waals surface area contributed by atoms with E-state index in [1.54, 1.807) is 13.0 Å². The van der Waals surface area contributed by atoms with Crippen LogP contribution in [0.15, 0.2) is 30.5 Å². The lowest BCUT2D eigenvalue weighted by molar-refractivity contribution is 0.102. The standard InChI is InChI=1S/C13H11ClN2O3/c1-7-2-3-15-12(14)11(7)16-13(19)8-4-9(17)6-10(18)5-8/h2-6,17-18H,1H3,(H,16,19). The number of rotatable bonds is 2. The van der Waals surface area contributed by atoms with Crippen molar-refractivity contribution in [2.75, 3.05) is 5.32 Å². The van der Waals surface area contributed by atoms with Gasteiger partial charge in [-0.1, -0.05) is 11.6 Å². The normalized spacial score (nSPS) is 10.2. The number of nitrogens with zero attached hydrogens (tertiary/aromatic N) is 1. The third-order valence-electron chi connectivity index (χ3n) is 2.52. The fraction of sp³-hybridized carbons (Fsp3) is 0.0769. The van der Waals surface area contributed by atoms with Gasteiger partial charge in [0.1, 0.15) is 11.5 Å². The van der Waals surface area contributed by atoms with Crippen molar-refractivity contribution in [3.8, 4) is 11.5 Å². The van der Waals surface area contributed by atoms with E-state index >= 15 is 0 Å². The topological polar surface area (TPSA) is 82.5 Å². The summed E-state index contributed by atoms with van der Waals surface area (Å²) in [6.07, 6.45) is 1.54. The smallest absolute Gasteiger partial charge is 0.256 e. The molecule has 0 saturated carbocycles. The van der Waals surface area contributed by atoms with Crippen LogP contribution in [0.25, 0.3) is 0 Å². The van der Waals surface area contributed by atoms with Crippen LogP contribution in [0, 0.1) is 6.92 Å². The second-order valence-electron chi connectivity index (χ2n) is 3.99. The number of carbonyl (C=O) groups excluding carboxylic acids is 1. The molecule has 3 N–H and O–H groups in total. The van der Waals surface area contributed by atoms with Crippen molar-refractivity contribution in [3.05, 3.63) is 46.7 Å². The predicted molar refractivity (Wildman–Crippen MR) is 71.7 cm³/mol. The molecule has 0 bridgehead atoms. The lowest BCUT2D eigenvalue weighted by Gasteiger charge is -2.09. The number of amides is 1. The molecular weight excluding hydrogens is 268 g/mol. The second kappa shape index (κ2) is 5.16. The molecule has 1 amide bonds. The third-order valence-corrected chi connectivity index (χ3v) is 2.80. The van der Waals surface area contributed by atoms with Gasteiger partial charge in [-0.2, -0.15) is 0 Å². The number of aryl methyl sites for hydroxylation is 1. The van der Waals surface area contributed by atoms with Crippen LogP contribution in [0.2, 0.25) is 5.15 Å². The van der Waals surface area contributed by atoms with Crippen LogP contribution in [-0.4, -0.2) is 21.1 Å². The summed E-state index contributed by atoms with van der Waals surface area (Å²) >= 11 is 5.90. The molecule has 1 aromatic carbocycles. The van der Waals surface area contributed by atoms with Gasteiger partial charge < -0.3 is 15.5 Å². The molecule has 1 heterocycles. The Morgan fingerprint density at radius 2 is 1.89 bits per heavy atom. The highest BCUT2D eigenvalue weighted by Crippen LogP contribution is 2.25. The summed E-state index contributed by atoms with van der Waals surface area (Å²) < 4.78 is 0. The number of benzene rings is 1. The first-order chi connectivity index (χ1) is 8.97. The van der Waals surface area contributed by atoms with E-state index in [1.807, 2.05) is 0 Å². The van der Waals surface area contributed by atoms with Gasteiger partial charge in [0.15, 0.2) is 5.15 Å². The summed E-state index contributed by atoms with van der Waals surface area (Å²) in [5, 5.41) is 21.5. The SMILES string of the molecule is Cc1ccnc(Cl)c1NC(=O)c1cc(O)cc(O)c1. The zero-order valence-electron chi connectivity index (χ0n) is 10.0. The number of hydrogen-bond acceptors (Lipinski definition) is 4. The molecule has 0 aliphatic carbocycles. The zero-order chi connectivity index (χ0) is 14.0. The van der Waals surface area contributed by atoms with Crippen LogP contribution in [0.4, 0.5) is 5.69 Å². The van der Waals surface area contributed by atoms with Gasteiger partial charge in [-0.3, -0.25) is 4.79 Å². The maximum Gasteiger partial charge on any atom is 0.256 e. The summed E-state index contributed by atoms with van der Waals surface area (Å²) in [5.74, 6) is -0.887. The number of phenolic OH excluding ortho intramolecular Hbond substituents is 2. The molecule has 0 fully saturated rings. The molecule has 0 spiro atoms. The van der Waals surface area contributed by atoms with Gasteiger partial charge in [0.05, 0.1) is 5.69 Å². The number of carbonyl (C=O) groups is 1. The largest absolute Gasteiger partial charge is 0.508 e. The Balaban J connectivity index is 2.31. The van der Waals surface area contributed by atoms with Crippen molar-refractivity contribution in [2.45, 2.75) is 6.92 Å². The van der Waals surface area contributed by atoms with Crippen LogP contribution in [0.1, 0.15) is 15.9 Å². The number of nitrogens with one attached hydrogen (secondary N) is 1. The number of halogens is 1. The van der Waals surface area contributed by atoms with E-state index in [9.17, 15) is 15.0 Å². The van der Waals surface area contributed by atoms with Gasteiger partial charge in [-0.25, -0.2) is 4.98 Å². The Hall–Kier alpha value is -2.27. The molecule has 5 nitrogen and oxygen atoms in total. The van der Waals surface area contributed by atoms with Crippen LogP contribution in [-0.2, 0) is 0 Å². The number of phenols is 2. The van der Waals surface area contributed by atoms with Gasteiger partial charge in [-0.15, -0.1) is 0 Å². The second-order valence-corrected chi connectivity index (χ2v) is 4.34. The summed E-state index contributed by atoms with van der Waals surface area (Å²) in [6.45, 7) is 1.78. The van der Waals surface area contributed by atoms with Crippen LogP contribution in [0.3, 0.4) is 0 Å². The van der Waals surface area contributed by atoms with Crippen molar-refractivity contribution in [1.29, 1.82) is 0 Å². The van der Waals surface area contributed by atoms with E-state index in [2.05, 4.69) is 10.3 Å². The van der Waals surface area contributed by atoms with E-state index in [0.717, 1.165) is 11.6 Å². The van der Waals surface area contributed by atoms with E-state index < -0.39 is 5.91 Å². The van der Waals surface area contributed by atoms with Gasteiger partial charge in [0.2, 0.25) is 0 Å². The Morgan fingerprint density at radius 3 is 2.47 bits per heavy atom. The van der Waals surface area contributed by atoms with Gasteiger partial charge in [0, 0.05) is 17.8 Å². The van der Waals surface area contributed by atoms with Crippen molar-refractivity contribution < 1.29 is 15.0 Å². The van der Waals surface area contributed by atoms with Crippen molar-refractivity contribution in [3.63, 3.8) is 0 Å². The zero-order valence-corrected chi connectivity index (χ0v) is 10.8. The average Bonchev–Trinajstić information content (AvgIpc) is 2.32. The molecule has 2 aromatic rings. The summed E-state index contributed by atoms with van der Waals surface area (Å²) in [6, 6.07) is 5.34. The molecule has 6 heteroatoms. The quantitative estimate of drug-likeness (QED) is 0.738. The van der Waals surface area contributed by atoms with Crippen molar-refractivity contribution in [2.24, 2.45) is 0 Å². The summed E-state index contributed by atoms with van der Waals surface area (Å²) in [5.41, 5.74) is 1.28. The molecule has 2 rings (SSSR count). The number of aromatic hydroxyl groups is 2. The molecule has 19 heavy (non-hydrogen) atoms. The Labute approximate surface area is 114 Å². The molecule has 0 radical (unpaired) electrons. The maximum absolute atomic E-state index is 12.0. The maximum atomic E-state index is 12.0. The Bertz CT molecular complexity index is 603. The summed E-state index contributed by atoms with van der Waals surface area (Å²) in [7, 11) is 0. The Kier molecular flexibility index (Phi) is 3.57. The average molecular weight is 279 g/mol. The van der Waals surface area contributed by atoms with Crippen LogP contribution in [0.5, 0.6) is 11.5 Å². The van der Waals surface area contributed by atoms with Crippen molar-refractivity contribution >= 4 is 23.2 Å². The molecule has 1 aromatic heterocycles. The number of aromatic nitrogens is 1. The fourth-order valence-corrected chi connectivity index (χ4v) is 1.84. The number of pyridine rings is 1. The molecular formula is C13H11ClN2O3. The fourth-order valence-electron chi connectivity index (χ4n) is 1.59. The van der Waals surface area contributed by atoms with Gasteiger partial charge in [-0.05, 0) is 30.7 Å². The first kappa shape index (κ1) is 13.2. The minimum atomic E-state index is -0.496. The minimum Gasteiger partial charge on any atom is -0.508 e.